The van der Waals surface area contributed by atoms with Crippen LogP contribution < -0.4 is 5.46 Å². The van der Waals surface area contributed by atoms with Crippen molar-refractivity contribution >= 4 is 12.9 Å². The molecule has 1 rings (SSSR count). The van der Waals surface area contributed by atoms with Gasteiger partial charge >= 0.3 is 7.48 Å². The van der Waals surface area contributed by atoms with Gasteiger partial charge in [-0.2, -0.15) is 0 Å². The molecule has 0 unspecified atom stereocenters. The molecule has 0 bridgehead atoms. The molecule has 0 spiro atoms. The predicted octanol–water partition coefficient (Wildman–Crippen LogP) is 3.49. The Morgan fingerprint density at radius 3 is 1.52 bits per heavy atom. The van der Waals surface area contributed by atoms with Gasteiger partial charge in [-0.05, 0) is 45.3 Å². The van der Waals surface area contributed by atoms with E-state index in [4.69, 9.17) is 9.64 Å². The van der Waals surface area contributed by atoms with Gasteiger partial charge in [0.05, 0.1) is 11.2 Å². The smallest absolute Gasteiger partial charge is 0.331 e. The molecule has 23 heavy (non-hydrogen) atoms. The second kappa shape index (κ2) is 6.21. The van der Waals surface area contributed by atoms with Crippen molar-refractivity contribution in [2.24, 2.45) is 0 Å². The number of nitrogens with zero attached hydrogens (tertiary/aromatic N) is 1. The lowest BCUT2D eigenvalue weighted by Gasteiger charge is -2.37. The molecule has 0 aromatic carbocycles. The zero-order chi connectivity index (χ0) is 18.3. The second-order valence-electron chi connectivity index (χ2n) is 9.48. The molecular formula is C19H33BNO2. The van der Waals surface area contributed by atoms with E-state index in [2.05, 4.69) is 53.7 Å². The van der Waals surface area contributed by atoms with E-state index in [0.717, 1.165) is 16.9 Å². The molecule has 0 saturated carbocycles. The molecule has 3 nitrogen and oxygen atoms in total. The molecule has 4 heteroatoms. The van der Waals surface area contributed by atoms with E-state index in [1.165, 1.54) is 0 Å². The molecule has 0 aliphatic carbocycles. The minimum Gasteiger partial charge on any atom is -0.427 e. The summed E-state index contributed by atoms with van der Waals surface area (Å²) in [5, 5.41) is 10.2. The number of hydrogen-bond acceptors (Lipinski definition) is 3. The molecule has 0 fully saturated rings. The normalized spacial score (nSPS) is 14.0. The van der Waals surface area contributed by atoms with Crippen LogP contribution in [0.5, 0.6) is 0 Å². The van der Waals surface area contributed by atoms with E-state index in [0.29, 0.717) is 0 Å². The Balaban J connectivity index is 3.17. The van der Waals surface area contributed by atoms with Crippen molar-refractivity contribution in [3.63, 3.8) is 0 Å². The van der Waals surface area contributed by atoms with Gasteiger partial charge < -0.3 is 9.76 Å². The maximum Gasteiger partial charge on any atom is 0.331 e. The molecule has 0 aliphatic heterocycles. The molecule has 1 N–H and O–H groups in total. The highest BCUT2D eigenvalue weighted by Crippen LogP contribution is 2.26. The molecule has 0 atom stereocenters. The molecule has 0 saturated heterocycles. The van der Waals surface area contributed by atoms with Crippen LogP contribution in [0.1, 0.15) is 80.6 Å². The highest BCUT2D eigenvalue weighted by Gasteiger charge is 2.36. The van der Waals surface area contributed by atoms with Crippen molar-refractivity contribution in [3.05, 3.63) is 23.5 Å². The minimum atomic E-state index is -0.934. The Labute approximate surface area is 143 Å². The summed E-state index contributed by atoms with van der Waals surface area (Å²) in [7, 11) is 1.74. The van der Waals surface area contributed by atoms with Crippen LogP contribution >= 0.6 is 0 Å². The van der Waals surface area contributed by atoms with Gasteiger partial charge in [0.15, 0.2) is 0 Å². The first-order valence-corrected chi connectivity index (χ1v) is 8.30. The predicted molar refractivity (Wildman–Crippen MR) is 98.5 cm³/mol. The van der Waals surface area contributed by atoms with Crippen molar-refractivity contribution < 1.29 is 9.76 Å². The SMILES string of the molecule is CC(C)(C)c1cc([B]OC(C)(C)C(C)(C)O)cc(C(C)(C)C)n1. The summed E-state index contributed by atoms with van der Waals surface area (Å²) in [6, 6.07) is 4.13. The third-order valence-electron chi connectivity index (χ3n) is 4.35. The van der Waals surface area contributed by atoms with Crippen LogP contribution in [0, 0.1) is 0 Å². The van der Waals surface area contributed by atoms with Crippen molar-refractivity contribution in [3.8, 4) is 0 Å². The lowest BCUT2D eigenvalue weighted by molar-refractivity contribution is -0.0893. The van der Waals surface area contributed by atoms with Crippen molar-refractivity contribution in [1.82, 2.24) is 4.98 Å². The van der Waals surface area contributed by atoms with Gasteiger partial charge in [-0.15, -0.1) is 0 Å². The van der Waals surface area contributed by atoms with Gasteiger partial charge in [-0.1, -0.05) is 41.5 Å². The Morgan fingerprint density at radius 1 is 0.826 bits per heavy atom. The highest BCUT2D eigenvalue weighted by molar-refractivity contribution is 6.47. The zero-order valence-corrected chi connectivity index (χ0v) is 16.5. The second-order valence-corrected chi connectivity index (χ2v) is 9.48. The Kier molecular flexibility index (Phi) is 5.45. The van der Waals surface area contributed by atoms with Crippen LogP contribution in [0.15, 0.2) is 12.1 Å². The van der Waals surface area contributed by atoms with Gasteiger partial charge in [0, 0.05) is 22.2 Å². The van der Waals surface area contributed by atoms with Gasteiger partial charge in [-0.25, -0.2) is 0 Å². The molecule has 0 aliphatic rings. The molecule has 129 valence electrons. The molecule has 1 aromatic rings. The third kappa shape index (κ3) is 5.32. The van der Waals surface area contributed by atoms with E-state index in [-0.39, 0.29) is 10.8 Å². The average Bonchev–Trinajstić information content (AvgIpc) is 2.32. The fourth-order valence-electron chi connectivity index (χ4n) is 1.75. The Morgan fingerprint density at radius 2 is 1.22 bits per heavy atom. The molecule has 1 heterocycles. The summed E-state index contributed by atoms with van der Waals surface area (Å²) in [5.41, 5.74) is 1.38. The molecule has 0 amide bonds. The number of aliphatic hydroxyl groups is 1. The standard InChI is InChI=1S/C19H33BNO2/c1-16(2,3)14-11-13(12-15(21-14)17(4,5)6)20-23-19(9,10)18(7,8)22/h11-12,22H,1-10H3. The van der Waals surface area contributed by atoms with E-state index in [9.17, 15) is 5.11 Å². The maximum absolute atomic E-state index is 10.2. The van der Waals surface area contributed by atoms with Gasteiger partial charge in [0.25, 0.3) is 0 Å². The van der Waals surface area contributed by atoms with E-state index < -0.39 is 11.2 Å². The van der Waals surface area contributed by atoms with Crippen molar-refractivity contribution in [1.29, 1.82) is 0 Å². The summed E-state index contributed by atoms with van der Waals surface area (Å²) in [5.74, 6) is 0. The maximum atomic E-state index is 10.2. The van der Waals surface area contributed by atoms with Crippen LogP contribution in [0.4, 0.5) is 0 Å². The minimum absolute atomic E-state index is 0.0321. The Bertz CT molecular complexity index is 514. The first-order chi connectivity index (χ1) is 10.0. The number of pyridine rings is 1. The highest BCUT2D eigenvalue weighted by atomic mass is 16.5. The van der Waals surface area contributed by atoms with Crippen molar-refractivity contribution in [2.75, 3.05) is 0 Å². The van der Waals surface area contributed by atoms with E-state index in [1.807, 2.05) is 13.8 Å². The molecule has 1 aromatic heterocycles. The average molecular weight is 318 g/mol. The summed E-state index contributed by atoms with van der Waals surface area (Å²) < 4.78 is 5.91. The number of rotatable bonds is 4. The van der Waals surface area contributed by atoms with Crippen LogP contribution in [-0.4, -0.2) is 28.8 Å². The zero-order valence-electron chi connectivity index (χ0n) is 16.5. The van der Waals surface area contributed by atoms with Crippen molar-refractivity contribution in [2.45, 2.75) is 91.3 Å². The van der Waals surface area contributed by atoms with Crippen LogP contribution in [0.25, 0.3) is 0 Å². The first-order valence-electron chi connectivity index (χ1n) is 8.30. The molecule has 1 radical (unpaired) electrons. The largest absolute Gasteiger partial charge is 0.427 e. The first kappa shape index (κ1) is 20.2. The fraction of sp³-hybridized carbons (Fsp3) is 0.737. The van der Waals surface area contributed by atoms with E-state index in [1.54, 1.807) is 21.3 Å². The topological polar surface area (TPSA) is 42.4 Å². The Hall–Kier alpha value is -0.865. The summed E-state index contributed by atoms with van der Waals surface area (Å²) in [6.07, 6.45) is 0. The van der Waals surface area contributed by atoms with Gasteiger partial charge in [0.2, 0.25) is 0 Å². The molecular weight excluding hydrogens is 285 g/mol. The quantitative estimate of drug-likeness (QED) is 0.864. The summed E-state index contributed by atoms with van der Waals surface area (Å²) in [6.45, 7) is 20.3. The number of hydrogen-bond donors (Lipinski definition) is 1. The summed E-state index contributed by atoms with van der Waals surface area (Å²) in [4.78, 5) is 4.84. The lowest BCUT2D eigenvalue weighted by atomic mass is 9.78. The third-order valence-corrected chi connectivity index (χ3v) is 4.35. The van der Waals surface area contributed by atoms with Crippen LogP contribution in [0.3, 0.4) is 0 Å². The fourth-order valence-corrected chi connectivity index (χ4v) is 1.75. The van der Waals surface area contributed by atoms with E-state index >= 15 is 0 Å². The lowest BCUT2D eigenvalue weighted by Crippen LogP contribution is -2.49. The number of aromatic nitrogens is 1. The van der Waals surface area contributed by atoms with Crippen LogP contribution in [-0.2, 0) is 15.5 Å². The van der Waals surface area contributed by atoms with Gasteiger partial charge in [-0.3, -0.25) is 4.98 Å². The van der Waals surface area contributed by atoms with Gasteiger partial charge in [0.1, 0.15) is 0 Å². The van der Waals surface area contributed by atoms with Crippen LogP contribution in [0.2, 0.25) is 0 Å². The monoisotopic (exact) mass is 318 g/mol. The summed E-state index contributed by atoms with van der Waals surface area (Å²) >= 11 is 0.